The first-order valence-electron chi connectivity index (χ1n) is 6.25. The van der Waals surface area contributed by atoms with Gasteiger partial charge in [0.15, 0.2) is 0 Å². The monoisotopic (exact) mass is 276 g/mol. The molecule has 0 aliphatic rings. The Balaban J connectivity index is 5.54. The van der Waals surface area contributed by atoms with Crippen LogP contribution in [0.3, 0.4) is 0 Å². The van der Waals surface area contributed by atoms with Crippen molar-refractivity contribution < 1.29 is 13.2 Å². The van der Waals surface area contributed by atoms with Crippen LogP contribution >= 0.6 is 0 Å². The second-order valence-electron chi connectivity index (χ2n) is 5.62. The second-order valence-corrected chi connectivity index (χ2v) is 11.2. The van der Waals surface area contributed by atoms with Gasteiger partial charge < -0.3 is 0 Å². The molecule has 0 atom stereocenters. The molecule has 18 heavy (non-hydrogen) atoms. The average Bonchev–Trinajstić information content (AvgIpc) is 2.14. The highest BCUT2D eigenvalue weighted by molar-refractivity contribution is 6.90. The van der Waals surface area contributed by atoms with Crippen LogP contribution in [0.2, 0.25) is 16.6 Å². The van der Waals surface area contributed by atoms with Gasteiger partial charge in [-0.05, 0) is 16.6 Å². The Morgan fingerprint density at radius 2 is 1.28 bits per heavy atom. The van der Waals surface area contributed by atoms with Gasteiger partial charge in [0.05, 0.1) is 5.57 Å². The van der Waals surface area contributed by atoms with Crippen molar-refractivity contribution >= 4 is 8.07 Å². The minimum atomic E-state index is -4.40. The van der Waals surface area contributed by atoms with Crippen LogP contribution in [0.15, 0.2) is 12.2 Å². The van der Waals surface area contributed by atoms with Crippen molar-refractivity contribution in [2.45, 2.75) is 64.3 Å². The normalized spacial score (nSPS) is 12.9. The number of allylic oxidation sites excluding steroid dienone is 1. The predicted molar refractivity (Wildman–Crippen MR) is 74.0 cm³/mol. The van der Waals surface area contributed by atoms with Crippen molar-refractivity contribution in [3.8, 4) is 11.5 Å². The van der Waals surface area contributed by atoms with Crippen molar-refractivity contribution in [3.63, 3.8) is 0 Å². The van der Waals surface area contributed by atoms with E-state index in [-0.39, 0.29) is 0 Å². The van der Waals surface area contributed by atoms with E-state index >= 15 is 0 Å². The van der Waals surface area contributed by atoms with Crippen LogP contribution in [0.4, 0.5) is 13.2 Å². The molecule has 0 rings (SSSR count). The molecule has 0 radical (unpaired) electrons. The van der Waals surface area contributed by atoms with E-state index in [0.29, 0.717) is 16.6 Å². The van der Waals surface area contributed by atoms with E-state index in [2.05, 4.69) is 59.6 Å². The zero-order valence-electron chi connectivity index (χ0n) is 12.1. The molecule has 0 spiro atoms. The highest BCUT2D eigenvalue weighted by atomic mass is 28.3. The maximum atomic E-state index is 12.4. The van der Waals surface area contributed by atoms with Crippen LogP contribution in [-0.4, -0.2) is 14.3 Å². The van der Waals surface area contributed by atoms with E-state index in [9.17, 15) is 13.2 Å². The van der Waals surface area contributed by atoms with Crippen LogP contribution in [0, 0.1) is 11.5 Å². The summed E-state index contributed by atoms with van der Waals surface area (Å²) < 4.78 is 37.3. The molecule has 104 valence electrons. The number of rotatable bonds is 3. The van der Waals surface area contributed by atoms with Gasteiger partial charge in [-0.25, -0.2) is 0 Å². The van der Waals surface area contributed by atoms with Crippen molar-refractivity contribution in [2.24, 2.45) is 0 Å². The molecule has 0 aromatic heterocycles. The molecule has 0 aromatic rings. The van der Waals surface area contributed by atoms with Gasteiger partial charge in [0.25, 0.3) is 0 Å². The topological polar surface area (TPSA) is 0 Å². The highest BCUT2D eigenvalue weighted by Crippen LogP contribution is 2.41. The Bertz CT molecular complexity index is 332. The summed E-state index contributed by atoms with van der Waals surface area (Å²) in [6, 6.07) is 0. The summed E-state index contributed by atoms with van der Waals surface area (Å²) in [7, 11) is -2.09. The number of halogens is 3. The zero-order valence-corrected chi connectivity index (χ0v) is 13.1. The molecule has 0 aromatic carbocycles. The lowest BCUT2D eigenvalue weighted by atomic mass is 10.3. The van der Waals surface area contributed by atoms with E-state index < -0.39 is 19.8 Å². The third-order valence-electron chi connectivity index (χ3n) is 3.64. The molecule has 0 fully saturated rings. The Hall–Kier alpha value is -0.693. The molecule has 0 aliphatic carbocycles. The predicted octanol–water partition coefficient (Wildman–Crippen LogP) is 5.33. The first-order valence-corrected chi connectivity index (χ1v) is 8.48. The van der Waals surface area contributed by atoms with Crippen LogP contribution in [-0.2, 0) is 0 Å². The maximum absolute atomic E-state index is 12.4. The minimum Gasteiger partial charge on any atom is -0.165 e. The summed E-state index contributed by atoms with van der Waals surface area (Å²) in [6.45, 7) is 15.4. The van der Waals surface area contributed by atoms with Crippen molar-refractivity contribution in [1.29, 1.82) is 0 Å². The second kappa shape index (κ2) is 5.97. The molecule has 0 aliphatic heterocycles. The number of hydrogen-bond acceptors (Lipinski definition) is 0. The molecule has 0 unspecified atom stereocenters. The minimum absolute atomic E-state index is 0.325. The first kappa shape index (κ1) is 17.3. The quantitative estimate of drug-likeness (QED) is 0.483. The fourth-order valence-corrected chi connectivity index (χ4v) is 7.92. The molecular formula is C14H23F3Si. The van der Waals surface area contributed by atoms with Crippen LogP contribution in [0.5, 0.6) is 0 Å². The smallest absolute Gasteiger partial charge is 0.165 e. The lowest BCUT2D eigenvalue weighted by Crippen LogP contribution is -2.43. The summed E-state index contributed by atoms with van der Waals surface area (Å²) in [5.74, 6) is 2.30. The fourth-order valence-electron chi connectivity index (χ4n) is 2.69. The Morgan fingerprint density at radius 3 is 1.50 bits per heavy atom. The van der Waals surface area contributed by atoms with Gasteiger partial charge in [0.2, 0.25) is 0 Å². The largest absolute Gasteiger partial charge is 0.423 e. The first-order chi connectivity index (χ1) is 7.96. The van der Waals surface area contributed by atoms with Crippen molar-refractivity contribution in [3.05, 3.63) is 12.2 Å². The molecule has 0 saturated carbocycles. The highest BCUT2D eigenvalue weighted by Gasteiger charge is 2.42. The van der Waals surface area contributed by atoms with E-state index in [4.69, 9.17) is 0 Å². The van der Waals surface area contributed by atoms with Crippen molar-refractivity contribution in [2.75, 3.05) is 0 Å². The molecule has 0 saturated heterocycles. The molecule has 4 heteroatoms. The lowest BCUT2D eigenvalue weighted by molar-refractivity contribution is -0.0868. The molecule has 0 heterocycles. The Morgan fingerprint density at radius 1 is 0.944 bits per heavy atom. The average molecular weight is 276 g/mol. The van der Waals surface area contributed by atoms with Gasteiger partial charge in [0.1, 0.15) is 8.07 Å². The van der Waals surface area contributed by atoms with Gasteiger partial charge in [-0.15, -0.1) is 5.54 Å². The van der Waals surface area contributed by atoms with Crippen LogP contribution < -0.4 is 0 Å². The van der Waals surface area contributed by atoms with Crippen molar-refractivity contribution in [1.82, 2.24) is 0 Å². The molecule has 0 nitrogen and oxygen atoms in total. The van der Waals surface area contributed by atoms with Crippen LogP contribution in [0.1, 0.15) is 41.5 Å². The summed E-state index contributed by atoms with van der Waals surface area (Å²) in [5, 5.41) is 0. The SMILES string of the molecule is C=C(C#C[Si](C(C)C)(C(C)C)C(C)C)C(F)(F)F. The third kappa shape index (κ3) is 3.65. The standard InChI is InChI=1S/C14H23F3Si/c1-10(2)18(11(3)4,12(5)6)9-8-13(7)14(15,16)17/h10-12H,7H2,1-6H3. The fraction of sp³-hybridized carbons (Fsp3) is 0.714. The van der Waals surface area contributed by atoms with Gasteiger partial charge in [-0.3, -0.25) is 0 Å². The molecule has 0 N–H and O–H groups in total. The maximum Gasteiger partial charge on any atom is 0.423 e. The van der Waals surface area contributed by atoms with Gasteiger partial charge >= 0.3 is 6.18 Å². The molecular weight excluding hydrogens is 253 g/mol. The summed E-state index contributed by atoms with van der Waals surface area (Å²) >= 11 is 0. The van der Waals surface area contributed by atoms with E-state index in [1.54, 1.807) is 0 Å². The molecule has 0 bridgehead atoms. The van der Waals surface area contributed by atoms with Gasteiger partial charge in [0, 0.05) is 0 Å². The summed E-state index contributed by atoms with van der Waals surface area (Å²) in [5.41, 5.74) is 3.05. The lowest BCUT2D eigenvalue weighted by Gasteiger charge is -2.38. The van der Waals surface area contributed by atoms with Crippen LogP contribution in [0.25, 0.3) is 0 Å². The van der Waals surface area contributed by atoms with E-state index in [0.717, 1.165) is 0 Å². The molecule has 0 amide bonds. The summed E-state index contributed by atoms with van der Waals surface area (Å²) in [6.07, 6.45) is -4.40. The Labute approximate surface area is 110 Å². The zero-order chi connectivity index (χ0) is 14.7. The number of alkyl halides is 3. The van der Waals surface area contributed by atoms with Gasteiger partial charge in [-0.2, -0.15) is 13.2 Å². The summed E-state index contributed by atoms with van der Waals surface area (Å²) in [4.78, 5) is 0. The van der Waals surface area contributed by atoms with E-state index in [1.807, 2.05) is 0 Å². The third-order valence-corrected chi connectivity index (χ3v) is 9.93. The Kier molecular flexibility index (Phi) is 5.74. The van der Waals surface area contributed by atoms with E-state index in [1.165, 1.54) is 0 Å². The van der Waals surface area contributed by atoms with Gasteiger partial charge in [-0.1, -0.05) is 54.0 Å². The number of hydrogen-bond donors (Lipinski definition) is 0.